The monoisotopic (exact) mass is 360 g/mol. The molecule has 4 nitrogen and oxygen atoms in total. The third-order valence-electron chi connectivity index (χ3n) is 4.77. The Kier molecular flexibility index (Phi) is 4.24. The fourth-order valence-corrected chi connectivity index (χ4v) is 3.51. The summed E-state index contributed by atoms with van der Waals surface area (Å²) in [7, 11) is 1.59. The minimum absolute atomic E-state index is 0.0967. The first-order valence-corrected chi connectivity index (χ1v) is 8.82. The van der Waals surface area contributed by atoms with Crippen molar-refractivity contribution in [2.45, 2.75) is 6.92 Å². The molecule has 4 heteroatoms. The molecule has 0 saturated heterocycles. The zero-order valence-electron chi connectivity index (χ0n) is 15.2. The molecule has 0 aliphatic heterocycles. The van der Waals surface area contributed by atoms with Gasteiger partial charge in [0.05, 0.1) is 13.7 Å². The van der Waals surface area contributed by atoms with Crippen LogP contribution in [0.1, 0.15) is 6.92 Å². The van der Waals surface area contributed by atoms with Crippen LogP contribution in [0.3, 0.4) is 0 Å². The molecule has 0 saturated carbocycles. The maximum absolute atomic E-state index is 10.9. The van der Waals surface area contributed by atoms with Gasteiger partial charge in [0.1, 0.15) is 23.0 Å². The van der Waals surface area contributed by atoms with Crippen molar-refractivity contribution in [3.05, 3.63) is 60.7 Å². The Morgan fingerprint density at radius 1 is 0.704 bits per heavy atom. The Morgan fingerprint density at radius 3 is 1.63 bits per heavy atom. The minimum atomic E-state index is 0.0967. The highest BCUT2D eigenvalue weighted by atomic mass is 16.5. The average molecular weight is 360 g/mol. The molecule has 0 aromatic heterocycles. The standard InChI is InChI=1S/C23H20O4/c1-3-27-21-13-19(23(25)17-11-7-5-9-15(17)21)18-12-20(26-2)14-8-4-6-10-16(14)22(18)24/h4-13,24-25H,3H2,1-2H3. The zero-order valence-corrected chi connectivity index (χ0v) is 15.2. The van der Waals surface area contributed by atoms with Crippen LogP contribution < -0.4 is 9.47 Å². The van der Waals surface area contributed by atoms with Gasteiger partial charge in [0, 0.05) is 32.7 Å². The molecule has 0 aliphatic carbocycles. The highest BCUT2D eigenvalue weighted by molar-refractivity contribution is 6.04. The molecule has 0 atom stereocenters. The predicted octanol–water partition coefficient (Wildman–Crippen LogP) is 5.48. The predicted molar refractivity (Wildman–Crippen MR) is 108 cm³/mol. The van der Waals surface area contributed by atoms with Gasteiger partial charge >= 0.3 is 0 Å². The van der Waals surface area contributed by atoms with Crippen molar-refractivity contribution < 1.29 is 19.7 Å². The Balaban J connectivity index is 2.08. The van der Waals surface area contributed by atoms with Gasteiger partial charge in [-0.05, 0) is 19.1 Å². The molecule has 0 heterocycles. The molecule has 4 aromatic rings. The van der Waals surface area contributed by atoms with Gasteiger partial charge in [-0.3, -0.25) is 0 Å². The number of benzene rings is 4. The van der Waals surface area contributed by atoms with Crippen LogP contribution in [0.15, 0.2) is 60.7 Å². The Morgan fingerprint density at radius 2 is 1.15 bits per heavy atom. The third-order valence-corrected chi connectivity index (χ3v) is 4.77. The molecule has 27 heavy (non-hydrogen) atoms. The van der Waals surface area contributed by atoms with Crippen LogP contribution in [0.25, 0.3) is 32.7 Å². The number of phenolic OH excluding ortho intramolecular Hbond substituents is 2. The smallest absolute Gasteiger partial charge is 0.131 e. The number of fused-ring (bicyclic) bond motifs is 2. The fourth-order valence-electron chi connectivity index (χ4n) is 3.51. The van der Waals surface area contributed by atoms with Gasteiger partial charge in [-0.25, -0.2) is 0 Å². The van der Waals surface area contributed by atoms with Crippen LogP contribution in [0.4, 0.5) is 0 Å². The van der Waals surface area contributed by atoms with Crippen LogP contribution in [0, 0.1) is 0 Å². The lowest BCUT2D eigenvalue weighted by Crippen LogP contribution is -1.95. The Hall–Kier alpha value is -3.40. The number of ether oxygens (including phenoxy) is 2. The number of rotatable bonds is 4. The lowest BCUT2D eigenvalue weighted by molar-refractivity contribution is 0.344. The van der Waals surface area contributed by atoms with Crippen LogP contribution in [-0.4, -0.2) is 23.9 Å². The van der Waals surface area contributed by atoms with Crippen LogP contribution in [-0.2, 0) is 0 Å². The second-order valence-corrected chi connectivity index (χ2v) is 6.27. The summed E-state index contributed by atoms with van der Waals surface area (Å²) in [5.41, 5.74) is 0.994. The molecule has 0 fully saturated rings. The van der Waals surface area contributed by atoms with E-state index in [9.17, 15) is 10.2 Å². The summed E-state index contributed by atoms with van der Waals surface area (Å²) in [6.07, 6.45) is 0. The topological polar surface area (TPSA) is 58.9 Å². The largest absolute Gasteiger partial charge is 0.507 e. The van der Waals surface area contributed by atoms with E-state index in [4.69, 9.17) is 9.47 Å². The number of aromatic hydroxyl groups is 2. The van der Waals surface area contributed by atoms with E-state index in [1.54, 1.807) is 19.2 Å². The van der Waals surface area contributed by atoms with Crippen molar-refractivity contribution in [1.82, 2.24) is 0 Å². The number of hydrogen-bond donors (Lipinski definition) is 2. The lowest BCUT2D eigenvalue weighted by atomic mass is 9.95. The summed E-state index contributed by atoms with van der Waals surface area (Å²) in [6.45, 7) is 2.42. The SMILES string of the molecule is CCOc1cc(-c2cc(OC)c3ccccc3c2O)c(O)c2ccccc12. The van der Waals surface area contributed by atoms with Gasteiger partial charge in [0.25, 0.3) is 0 Å². The third kappa shape index (κ3) is 2.70. The molecular weight excluding hydrogens is 340 g/mol. The molecule has 0 aliphatic rings. The van der Waals surface area contributed by atoms with Crippen molar-refractivity contribution in [3.63, 3.8) is 0 Å². The zero-order chi connectivity index (χ0) is 19.0. The van der Waals surface area contributed by atoms with E-state index in [1.807, 2.05) is 55.5 Å². The lowest BCUT2D eigenvalue weighted by Gasteiger charge is -2.16. The fraction of sp³-hybridized carbons (Fsp3) is 0.130. The van der Waals surface area contributed by atoms with E-state index in [1.165, 1.54) is 0 Å². The van der Waals surface area contributed by atoms with Crippen LogP contribution >= 0.6 is 0 Å². The first kappa shape index (κ1) is 17.0. The van der Waals surface area contributed by atoms with Crippen molar-refractivity contribution >= 4 is 21.5 Å². The van der Waals surface area contributed by atoms with Gasteiger partial charge in [0.2, 0.25) is 0 Å². The Labute approximate surface area is 157 Å². The normalized spacial score (nSPS) is 11.0. The molecule has 4 rings (SSSR count). The molecular formula is C23H20O4. The number of methoxy groups -OCH3 is 1. The van der Waals surface area contributed by atoms with Crippen molar-refractivity contribution in [2.75, 3.05) is 13.7 Å². The van der Waals surface area contributed by atoms with Gasteiger partial charge in [0.15, 0.2) is 0 Å². The summed E-state index contributed by atoms with van der Waals surface area (Å²) in [5, 5.41) is 24.9. The molecule has 4 aromatic carbocycles. The minimum Gasteiger partial charge on any atom is -0.507 e. The summed E-state index contributed by atoms with van der Waals surface area (Å²) in [4.78, 5) is 0. The van der Waals surface area contributed by atoms with Crippen molar-refractivity contribution in [1.29, 1.82) is 0 Å². The van der Waals surface area contributed by atoms with Crippen molar-refractivity contribution in [2.24, 2.45) is 0 Å². The second-order valence-electron chi connectivity index (χ2n) is 6.27. The molecule has 136 valence electrons. The molecule has 0 radical (unpaired) electrons. The van der Waals surface area contributed by atoms with E-state index >= 15 is 0 Å². The van der Waals surface area contributed by atoms with Gasteiger partial charge in [-0.2, -0.15) is 0 Å². The summed E-state index contributed by atoms with van der Waals surface area (Å²) >= 11 is 0. The summed E-state index contributed by atoms with van der Waals surface area (Å²) < 4.78 is 11.3. The maximum Gasteiger partial charge on any atom is 0.131 e. The van der Waals surface area contributed by atoms with Gasteiger partial charge in [-0.1, -0.05) is 48.5 Å². The van der Waals surface area contributed by atoms with E-state index in [0.29, 0.717) is 40.0 Å². The number of hydrogen-bond acceptors (Lipinski definition) is 4. The van der Waals surface area contributed by atoms with E-state index in [2.05, 4.69) is 0 Å². The summed E-state index contributed by atoms with van der Waals surface area (Å²) in [6, 6.07) is 18.5. The molecule has 0 amide bonds. The second kappa shape index (κ2) is 6.72. The molecule has 0 bridgehead atoms. The molecule has 0 unspecified atom stereocenters. The van der Waals surface area contributed by atoms with Crippen LogP contribution in [0.2, 0.25) is 0 Å². The molecule has 0 spiro atoms. The average Bonchev–Trinajstić information content (AvgIpc) is 2.71. The van der Waals surface area contributed by atoms with E-state index in [0.717, 1.165) is 10.8 Å². The quantitative estimate of drug-likeness (QED) is 0.506. The maximum atomic E-state index is 10.9. The summed E-state index contributed by atoms with van der Waals surface area (Å²) in [5.74, 6) is 1.48. The molecule has 2 N–H and O–H groups in total. The first-order valence-electron chi connectivity index (χ1n) is 8.82. The van der Waals surface area contributed by atoms with Gasteiger partial charge in [-0.15, -0.1) is 0 Å². The highest BCUT2D eigenvalue weighted by Gasteiger charge is 2.19. The van der Waals surface area contributed by atoms with E-state index in [-0.39, 0.29) is 11.5 Å². The van der Waals surface area contributed by atoms with Crippen LogP contribution in [0.5, 0.6) is 23.0 Å². The highest BCUT2D eigenvalue weighted by Crippen LogP contribution is 2.47. The van der Waals surface area contributed by atoms with E-state index < -0.39 is 0 Å². The Bertz CT molecular complexity index is 1150. The van der Waals surface area contributed by atoms with Crippen molar-refractivity contribution in [3.8, 4) is 34.1 Å². The van der Waals surface area contributed by atoms with Gasteiger partial charge < -0.3 is 19.7 Å². The number of phenols is 2. The first-order chi connectivity index (χ1) is 13.2.